The number of halogens is 2. The van der Waals surface area contributed by atoms with Gasteiger partial charge in [-0.25, -0.2) is 14.2 Å². The molecule has 4 N–H and O–H groups in total. The Bertz CT molecular complexity index is 1360. The van der Waals surface area contributed by atoms with Gasteiger partial charge in [-0.1, -0.05) is 47.2 Å². The number of nitriles is 1. The minimum atomic E-state index is -0.701. The number of aliphatic hydroxyl groups is 1. The van der Waals surface area contributed by atoms with E-state index in [1.807, 2.05) is 24.3 Å². The summed E-state index contributed by atoms with van der Waals surface area (Å²) < 4.78 is 20.2. The molecule has 14 heteroatoms. The van der Waals surface area contributed by atoms with Crippen molar-refractivity contribution in [3.8, 4) is 6.19 Å². The first-order chi connectivity index (χ1) is 19.8. The molecule has 0 saturated heterocycles. The SMILES string of the molecule is CN(C(=O)CCc1cccc(F)c1Cl)[C@@H](CCCN=C(NC#N)NCCO)COC(=O)Nc1nc2ccccc2s1. The molecule has 2 amide bonds. The monoisotopic (exact) mass is 603 g/mol. The highest BCUT2D eigenvalue weighted by atomic mass is 35.5. The fraction of sp³-hybridized carbons (Fsp3) is 0.370. The second kappa shape index (κ2) is 16.3. The molecule has 1 aromatic heterocycles. The number of guanidine groups is 1. The zero-order chi connectivity index (χ0) is 29.6. The molecular weight excluding hydrogens is 573 g/mol. The Morgan fingerprint density at radius 2 is 2.10 bits per heavy atom. The van der Waals surface area contributed by atoms with Gasteiger partial charge < -0.3 is 20.1 Å². The fourth-order valence-corrected chi connectivity index (χ4v) is 4.93. The number of nitrogens with one attached hydrogen (secondary N) is 3. The highest BCUT2D eigenvalue weighted by Gasteiger charge is 2.22. The molecule has 1 heterocycles. The number of ether oxygens (including phenoxy) is 1. The number of likely N-dealkylation sites (N-methyl/N-ethyl adjacent to an activating group) is 1. The summed E-state index contributed by atoms with van der Waals surface area (Å²) in [7, 11) is 1.61. The van der Waals surface area contributed by atoms with E-state index in [-0.39, 0.29) is 49.5 Å². The number of aliphatic hydroxyl groups excluding tert-OH is 1. The molecule has 0 bridgehead atoms. The maximum absolute atomic E-state index is 13.8. The first-order valence-corrected chi connectivity index (χ1v) is 14.0. The molecule has 3 rings (SSSR count). The minimum Gasteiger partial charge on any atom is -0.447 e. The van der Waals surface area contributed by atoms with E-state index >= 15 is 0 Å². The topological polar surface area (TPSA) is 152 Å². The number of aryl methyl sites for hydroxylation is 1. The van der Waals surface area contributed by atoms with Crippen LogP contribution in [0.3, 0.4) is 0 Å². The molecule has 218 valence electrons. The Kier molecular flexibility index (Phi) is 12.6. The Labute approximate surface area is 246 Å². The average molecular weight is 604 g/mol. The standard InChI is InChI=1S/C27H31ClFN7O4S/c1-36(23(38)12-11-18-6-4-8-20(29)24(18)28)19(7-5-13-31-25(33-17-30)32-14-15-37)16-40-27(39)35-26-34-21-9-2-3-10-22(21)41-26/h2-4,6,8-10,19,37H,5,7,11-16H2,1H3,(H2,31,32,33)(H,34,35,39)/t19-/m0/s1. The predicted molar refractivity (Wildman–Crippen MR) is 156 cm³/mol. The highest BCUT2D eigenvalue weighted by molar-refractivity contribution is 7.22. The molecule has 0 aliphatic rings. The minimum absolute atomic E-state index is 0.0104. The predicted octanol–water partition coefficient (Wildman–Crippen LogP) is 3.89. The lowest BCUT2D eigenvalue weighted by molar-refractivity contribution is -0.132. The van der Waals surface area contributed by atoms with Crippen LogP contribution in [0.4, 0.5) is 14.3 Å². The third-order valence-corrected chi connectivity index (χ3v) is 7.41. The highest BCUT2D eigenvalue weighted by Crippen LogP contribution is 2.25. The third kappa shape index (κ3) is 9.86. The van der Waals surface area contributed by atoms with Gasteiger partial charge in [-0.05, 0) is 43.0 Å². The summed E-state index contributed by atoms with van der Waals surface area (Å²) >= 11 is 7.35. The van der Waals surface area contributed by atoms with Crippen molar-refractivity contribution in [3.05, 3.63) is 58.9 Å². The van der Waals surface area contributed by atoms with E-state index in [1.165, 1.54) is 28.4 Å². The van der Waals surface area contributed by atoms with E-state index in [0.29, 0.717) is 30.1 Å². The van der Waals surface area contributed by atoms with Crippen molar-refractivity contribution in [3.63, 3.8) is 0 Å². The molecule has 41 heavy (non-hydrogen) atoms. The molecule has 3 aromatic rings. The van der Waals surface area contributed by atoms with Gasteiger partial charge in [0, 0.05) is 26.6 Å². The number of amides is 2. The lowest BCUT2D eigenvalue weighted by Crippen LogP contribution is -2.41. The number of hydrogen-bond donors (Lipinski definition) is 4. The molecule has 1 atom stereocenters. The molecule has 11 nitrogen and oxygen atoms in total. The summed E-state index contributed by atoms with van der Waals surface area (Å²) in [5, 5.41) is 26.1. The van der Waals surface area contributed by atoms with Crippen molar-refractivity contribution in [1.29, 1.82) is 5.26 Å². The quantitative estimate of drug-likeness (QED) is 0.0755. The van der Waals surface area contributed by atoms with Crippen molar-refractivity contribution in [2.45, 2.75) is 31.7 Å². The normalized spacial score (nSPS) is 11.9. The third-order valence-electron chi connectivity index (χ3n) is 6.03. The number of rotatable bonds is 13. The molecule has 0 fully saturated rings. The van der Waals surface area contributed by atoms with Crippen LogP contribution in [0.1, 0.15) is 24.8 Å². The number of aliphatic imine (C=N–C) groups is 1. The van der Waals surface area contributed by atoms with Crippen molar-refractivity contribution in [1.82, 2.24) is 20.5 Å². The molecule has 0 saturated carbocycles. The Hall–Kier alpha value is -3.99. The number of para-hydroxylation sites is 1. The number of carbonyl (C=O) groups is 2. The number of nitrogens with zero attached hydrogens (tertiary/aromatic N) is 4. The van der Waals surface area contributed by atoms with Gasteiger partial charge in [-0.15, -0.1) is 0 Å². The van der Waals surface area contributed by atoms with Crippen molar-refractivity contribution in [2.24, 2.45) is 4.99 Å². The molecule has 0 unspecified atom stereocenters. The number of aromatic nitrogens is 1. The van der Waals surface area contributed by atoms with E-state index in [1.54, 1.807) is 19.3 Å². The first kappa shape index (κ1) is 31.5. The van der Waals surface area contributed by atoms with Gasteiger partial charge in [0.2, 0.25) is 11.9 Å². The number of thiazole rings is 1. The van der Waals surface area contributed by atoms with Crippen LogP contribution in [0.15, 0.2) is 47.5 Å². The Morgan fingerprint density at radius 1 is 1.29 bits per heavy atom. The van der Waals surface area contributed by atoms with Gasteiger partial charge in [-0.2, -0.15) is 5.26 Å². The Balaban J connectivity index is 1.61. The summed E-state index contributed by atoms with van der Waals surface area (Å²) in [6.45, 7) is 0.311. The van der Waals surface area contributed by atoms with Gasteiger partial charge in [0.05, 0.1) is 27.9 Å². The fourth-order valence-electron chi connectivity index (χ4n) is 3.86. The van der Waals surface area contributed by atoms with Crippen LogP contribution in [-0.4, -0.2) is 72.3 Å². The van der Waals surface area contributed by atoms with Gasteiger partial charge in [-0.3, -0.25) is 20.4 Å². The summed E-state index contributed by atoms with van der Waals surface area (Å²) in [4.78, 5) is 35.7. The van der Waals surface area contributed by atoms with Crippen LogP contribution in [0.2, 0.25) is 5.02 Å². The number of fused-ring (bicyclic) bond motifs is 1. The number of hydrogen-bond acceptors (Lipinski definition) is 8. The summed E-state index contributed by atoms with van der Waals surface area (Å²) in [6.07, 6.45) is 2.33. The van der Waals surface area contributed by atoms with E-state index in [9.17, 15) is 14.0 Å². The van der Waals surface area contributed by atoms with Crippen LogP contribution >= 0.6 is 22.9 Å². The van der Waals surface area contributed by atoms with Crippen LogP contribution in [0.5, 0.6) is 0 Å². The zero-order valence-corrected chi connectivity index (χ0v) is 24.0. The Morgan fingerprint density at radius 3 is 2.85 bits per heavy atom. The molecule has 0 aliphatic heterocycles. The zero-order valence-electron chi connectivity index (χ0n) is 22.4. The van der Waals surface area contributed by atoms with Gasteiger partial charge in [0.15, 0.2) is 11.3 Å². The second-order valence-corrected chi connectivity index (χ2v) is 10.2. The number of carbonyl (C=O) groups excluding carboxylic acids is 2. The van der Waals surface area contributed by atoms with E-state index in [2.05, 4.69) is 25.9 Å². The van der Waals surface area contributed by atoms with E-state index in [0.717, 1.165) is 10.2 Å². The first-order valence-electron chi connectivity index (χ1n) is 12.8. The molecule has 2 aromatic carbocycles. The molecule has 0 spiro atoms. The van der Waals surface area contributed by atoms with Gasteiger partial charge >= 0.3 is 6.09 Å². The number of benzene rings is 2. The summed E-state index contributed by atoms with van der Waals surface area (Å²) in [5.41, 5.74) is 1.28. The average Bonchev–Trinajstić information content (AvgIpc) is 3.37. The van der Waals surface area contributed by atoms with Crippen LogP contribution in [0.25, 0.3) is 10.2 Å². The van der Waals surface area contributed by atoms with Gasteiger partial charge in [0.1, 0.15) is 12.4 Å². The second-order valence-electron chi connectivity index (χ2n) is 8.84. The molecule has 0 aliphatic carbocycles. The van der Waals surface area contributed by atoms with Crippen LogP contribution < -0.4 is 16.0 Å². The number of anilines is 1. The molecule has 0 radical (unpaired) electrons. The smallest absolute Gasteiger partial charge is 0.413 e. The lowest BCUT2D eigenvalue weighted by atomic mass is 10.1. The summed E-state index contributed by atoms with van der Waals surface area (Å²) in [5.74, 6) is -0.555. The van der Waals surface area contributed by atoms with Crippen molar-refractivity contribution >= 4 is 56.2 Å². The maximum atomic E-state index is 13.8. The van der Waals surface area contributed by atoms with Crippen molar-refractivity contribution < 1.29 is 23.8 Å². The van der Waals surface area contributed by atoms with E-state index in [4.69, 9.17) is 26.7 Å². The largest absolute Gasteiger partial charge is 0.447 e. The summed E-state index contributed by atoms with van der Waals surface area (Å²) in [6, 6.07) is 11.5. The molecular formula is C27H31ClFN7O4S. The van der Waals surface area contributed by atoms with Crippen molar-refractivity contribution in [2.75, 3.05) is 38.7 Å². The van der Waals surface area contributed by atoms with Crippen LogP contribution in [0, 0.1) is 17.3 Å². The van der Waals surface area contributed by atoms with Gasteiger partial charge in [0.25, 0.3) is 0 Å². The lowest BCUT2D eigenvalue weighted by Gasteiger charge is -2.28. The van der Waals surface area contributed by atoms with Crippen LogP contribution in [-0.2, 0) is 16.0 Å². The van der Waals surface area contributed by atoms with E-state index < -0.39 is 18.0 Å². The maximum Gasteiger partial charge on any atom is 0.413 e.